The summed E-state index contributed by atoms with van der Waals surface area (Å²) in [7, 11) is 0. The molecular formula is C16H9FN2O3. The van der Waals surface area contributed by atoms with Crippen molar-refractivity contribution in [3.05, 3.63) is 64.5 Å². The number of imide groups is 1. The van der Waals surface area contributed by atoms with Gasteiger partial charge in [0.25, 0.3) is 17.7 Å². The molecule has 0 bridgehead atoms. The molecule has 108 valence electrons. The molecule has 0 fully saturated rings. The first kappa shape index (κ1) is 12.7. The van der Waals surface area contributed by atoms with Gasteiger partial charge in [0, 0.05) is 17.7 Å². The molecule has 0 saturated carbocycles. The van der Waals surface area contributed by atoms with E-state index in [-0.39, 0.29) is 28.9 Å². The summed E-state index contributed by atoms with van der Waals surface area (Å²) in [5, 5.41) is 2.57. The van der Waals surface area contributed by atoms with E-state index in [9.17, 15) is 18.8 Å². The summed E-state index contributed by atoms with van der Waals surface area (Å²) >= 11 is 0. The Hall–Kier alpha value is -3.02. The fraction of sp³-hybridized carbons (Fsp3) is 0.0625. The van der Waals surface area contributed by atoms with Crippen LogP contribution in [0.3, 0.4) is 0 Å². The Balaban J connectivity index is 1.92. The Labute approximate surface area is 124 Å². The molecule has 2 aliphatic heterocycles. The maximum atomic E-state index is 13.8. The zero-order valence-electron chi connectivity index (χ0n) is 11.2. The first-order valence-corrected chi connectivity index (χ1v) is 6.66. The Bertz CT molecular complexity index is 841. The average Bonchev–Trinajstić information content (AvgIpc) is 2.99. The first-order valence-electron chi connectivity index (χ1n) is 6.66. The van der Waals surface area contributed by atoms with Crippen molar-refractivity contribution in [1.82, 2.24) is 5.32 Å². The summed E-state index contributed by atoms with van der Waals surface area (Å²) in [6.07, 6.45) is 0. The molecule has 2 aromatic carbocycles. The number of nitrogens with zero attached hydrogens (tertiary/aromatic N) is 1. The molecule has 3 amide bonds. The summed E-state index contributed by atoms with van der Waals surface area (Å²) in [5.41, 5.74) is 1.30. The maximum Gasteiger partial charge on any atom is 0.266 e. The van der Waals surface area contributed by atoms with E-state index in [2.05, 4.69) is 5.32 Å². The summed E-state index contributed by atoms with van der Waals surface area (Å²) in [5.74, 6) is -2.09. The van der Waals surface area contributed by atoms with Crippen LogP contribution in [-0.4, -0.2) is 17.7 Å². The highest BCUT2D eigenvalue weighted by Gasteiger charge is 2.39. The van der Waals surface area contributed by atoms with Gasteiger partial charge in [-0.3, -0.25) is 14.4 Å². The zero-order valence-corrected chi connectivity index (χ0v) is 11.2. The molecular weight excluding hydrogens is 287 g/mol. The predicted molar refractivity (Wildman–Crippen MR) is 75.2 cm³/mol. The monoisotopic (exact) mass is 296 g/mol. The number of carbonyl (C=O) groups excluding carboxylic acids is 3. The zero-order chi connectivity index (χ0) is 15.4. The minimum Gasteiger partial charge on any atom is -0.348 e. The second-order valence-electron chi connectivity index (χ2n) is 5.13. The molecule has 22 heavy (non-hydrogen) atoms. The van der Waals surface area contributed by atoms with Crippen LogP contribution in [0.15, 0.2) is 36.4 Å². The smallest absolute Gasteiger partial charge is 0.266 e. The number of anilines is 1. The molecule has 1 N–H and O–H groups in total. The van der Waals surface area contributed by atoms with Gasteiger partial charge in [-0.15, -0.1) is 0 Å². The van der Waals surface area contributed by atoms with Gasteiger partial charge in [0.15, 0.2) is 0 Å². The molecule has 2 heterocycles. The number of rotatable bonds is 1. The lowest BCUT2D eigenvalue weighted by molar-refractivity contribution is 0.0922. The highest BCUT2D eigenvalue weighted by molar-refractivity contribution is 6.34. The number of amides is 3. The molecule has 6 heteroatoms. The molecule has 0 spiro atoms. The van der Waals surface area contributed by atoms with E-state index in [1.807, 2.05) is 0 Å². The second-order valence-corrected chi connectivity index (χ2v) is 5.13. The van der Waals surface area contributed by atoms with Gasteiger partial charge in [0.2, 0.25) is 0 Å². The molecule has 0 aliphatic carbocycles. The largest absolute Gasteiger partial charge is 0.348 e. The summed E-state index contributed by atoms with van der Waals surface area (Å²) in [6, 6.07) is 8.65. The van der Waals surface area contributed by atoms with E-state index < -0.39 is 23.5 Å². The fourth-order valence-electron chi connectivity index (χ4n) is 2.88. The van der Waals surface area contributed by atoms with Gasteiger partial charge in [0.05, 0.1) is 16.8 Å². The van der Waals surface area contributed by atoms with Crippen molar-refractivity contribution in [2.75, 3.05) is 4.90 Å². The number of halogens is 1. The van der Waals surface area contributed by atoms with E-state index in [4.69, 9.17) is 0 Å². The molecule has 0 atom stereocenters. The normalized spacial score (nSPS) is 15.9. The van der Waals surface area contributed by atoms with Crippen molar-refractivity contribution in [2.24, 2.45) is 0 Å². The van der Waals surface area contributed by atoms with Crippen molar-refractivity contribution in [3.8, 4) is 0 Å². The second kappa shape index (κ2) is 4.24. The van der Waals surface area contributed by atoms with E-state index in [0.717, 1.165) is 17.0 Å². The number of nitrogens with one attached hydrogen (secondary N) is 1. The van der Waals surface area contributed by atoms with E-state index in [1.54, 1.807) is 24.3 Å². The van der Waals surface area contributed by atoms with Gasteiger partial charge in [0.1, 0.15) is 5.82 Å². The van der Waals surface area contributed by atoms with Crippen LogP contribution in [0.25, 0.3) is 0 Å². The summed E-state index contributed by atoms with van der Waals surface area (Å²) in [4.78, 5) is 37.6. The number of hydrogen-bond donors (Lipinski definition) is 1. The van der Waals surface area contributed by atoms with Gasteiger partial charge in [-0.1, -0.05) is 12.1 Å². The minimum atomic E-state index is -0.664. The number of benzene rings is 2. The van der Waals surface area contributed by atoms with Crippen molar-refractivity contribution in [2.45, 2.75) is 6.54 Å². The third kappa shape index (κ3) is 1.54. The van der Waals surface area contributed by atoms with Gasteiger partial charge in [-0.05, 0) is 24.3 Å². The number of hydrogen-bond acceptors (Lipinski definition) is 3. The van der Waals surface area contributed by atoms with E-state index in [0.29, 0.717) is 5.56 Å². The van der Waals surface area contributed by atoms with Gasteiger partial charge < -0.3 is 5.32 Å². The Morgan fingerprint density at radius 1 is 0.955 bits per heavy atom. The van der Waals surface area contributed by atoms with Crippen LogP contribution in [0, 0.1) is 5.82 Å². The predicted octanol–water partition coefficient (Wildman–Crippen LogP) is 1.87. The van der Waals surface area contributed by atoms with Crippen LogP contribution in [0.4, 0.5) is 10.1 Å². The molecule has 2 aromatic rings. The van der Waals surface area contributed by atoms with Crippen molar-refractivity contribution < 1.29 is 18.8 Å². The van der Waals surface area contributed by atoms with E-state index >= 15 is 0 Å². The summed E-state index contributed by atoms with van der Waals surface area (Å²) in [6.45, 7) is 0.164. The molecule has 2 aliphatic rings. The lowest BCUT2D eigenvalue weighted by atomic mass is 10.1. The van der Waals surface area contributed by atoms with Crippen LogP contribution < -0.4 is 10.2 Å². The van der Waals surface area contributed by atoms with Gasteiger partial charge in [-0.2, -0.15) is 0 Å². The third-order valence-corrected chi connectivity index (χ3v) is 3.90. The molecule has 0 saturated heterocycles. The molecule has 0 unspecified atom stereocenters. The molecule has 0 aromatic heterocycles. The lowest BCUT2D eigenvalue weighted by Crippen LogP contribution is -2.30. The highest BCUT2D eigenvalue weighted by Crippen LogP contribution is 2.34. The van der Waals surface area contributed by atoms with Gasteiger partial charge in [-0.25, -0.2) is 9.29 Å². The molecule has 5 nitrogen and oxygen atoms in total. The topological polar surface area (TPSA) is 66.5 Å². The SMILES string of the molecule is O=C1NCc2c1cc(F)cc2N1C(=O)c2ccccc2C1=O. The average molecular weight is 296 g/mol. The van der Waals surface area contributed by atoms with Crippen LogP contribution in [-0.2, 0) is 6.54 Å². The fourth-order valence-corrected chi connectivity index (χ4v) is 2.88. The van der Waals surface area contributed by atoms with Crippen LogP contribution >= 0.6 is 0 Å². The van der Waals surface area contributed by atoms with Gasteiger partial charge >= 0.3 is 0 Å². The number of fused-ring (bicyclic) bond motifs is 2. The Kier molecular flexibility index (Phi) is 2.45. The standard InChI is InChI=1S/C16H9FN2O3/c17-8-5-11-12(7-18-14(11)20)13(6-8)19-15(21)9-3-1-2-4-10(9)16(19)22/h1-6H,7H2,(H,18,20). The highest BCUT2D eigenvalue weighted by atomic mass is 19.1. The molecule has 4 rings (SSSR count). The van der Waals surface area contributed by atoms with Crippen molar-refractivity contribution in [3.63, 3.8) is 0 Å². The van der Waals surface area contributed by atoms with E-state index in [1.165, 1.54) is 0 Å². The lowest BCUT2D eigenvalue weighted by Gasteiger charge is -2.17. The maximum absolute atomic E-state index is 13.8. The Morgan fingerprint density at radius 3 is 2.23 bits per heavy atom. The van der Waals surface area contributed by atoms with Crippen LogP contribution in [0.5, 0.6) is 0 Å². The minimum absolute atomic E-state index is 0.125. The summed E-state index contributed by atoms with van der Waals surface area (Å²) < 4.78 is 13.8. The first-order chi connectivity index (χ1) is 10.6. The molecule has 0 radical (unpaired) electrons. The Morgan fingerprint density at radius 2 is 1.59 bits per heavy atom. The van der Waals surface area contributed by atoms with Crippen LogP contribution in [0.1, 0.15) is 36.6 Å². The van der Waals surface area contributed by atoms with Crippen molar-refractivity contribution >= 4 is 23.4 Å². The quantitative estimate of drug-likeness (QED) is 0.817. The van der Waals surface area contributed by atoms with Crippen molar-refractivity contribution in [1.29, 1.82) is 0 Å². The number of carbonyl (C=O) groups is 3. The third-order valence-electron chi connectivity index (χ3n) is 3.90. The van der Waals surface area contributed by atoms with Crippen LogP contribution in [0.2, 0.25) is 0 Å².